The van der Waals surface area contributed by atoms with Crippen molar-refractivity contribution in [3.63, 3.8) is 0 Å². The molecule has 2 aromatic heterocycles. The second-order valence-corrected chi connectivity index (χ2v) is 8.40. The van der Waals surface area contributed by atoms with Crippen molar-refractivity contribution < 1.29 is 8.42 Å². The largest absolute Gasteiger partial charge is 0.276 e. The molecule has 0 radical (unpaired) electrons. The van der Waals surface area contributed by atoms with Gasteiger partial charge in [0.05, 0.1) is 18.4 Å². The van der Waals surface area contributed by atoms with Gasteiger partial charge in [-0.2, -0.15) is 5.10 Å². The zero-order chi connectivity index (χ0) is 16.4. The van der Waals surface area contributed by atoms with Gasteiger partial charge in [0.2, 0.25) is 0 Å². The van der Waals surface area contributed by atoms with E-state index in [-0.39, 0.29) is 4.21 Å². The summed E-state index contributed by atoms with van der Waals surface area (Å²) in [4.78, 5) is 0. The van der Waals surface area contributed by atoms with Crippen LogP contribution < -0.4 is 4.72 Å². The van der Waals surface area contributed by atoms with Gasteiger partial charge in [-0.1, -0.05) is 35.3 Å². The Kier molecular flexibility index (Phi) is 4.63. The fraction of sp³-hybridized carbons (Fsp3) is 0.0714. The molecule has 9 heteroatoms. The van der Waals surface area contributed by atoms with Crippen LogP contribution in [0, 0.1) is 0 Å². The number of aromatic nitrogens is 2. The summed E-state index contributed by atoms with van der Waals surface area (Å²) in [6.07, 6.45) is 3.06. The first-order valence-corrected chi connectivity index (χ1v) is 9.59. The summed E-state index contributed by atoms with van der Waals surface area (Å²) in [7, 11) is -3.57. The Morgan fingerprint density at radius 2 is 2.09 bits per heavy atom. The van der Waals surface area contributed by atoms with Crippen LogP contribution in [0.2, 0.25) is 10.0 Å². The van der Waals surface area contributed by atoms with Crippen LogP contribution in [0.4, 0.5) is 5.69 Å². The molecule has 2 heterocycles. The van der Waals surface area contributed by atoms with E-state index >= 15 is 0 Å². The smallest absolute Gasteiger partial charge is 0.271 e. The number of benzene rings is 1. The SMILES string of the molecule is O=S(=O)(Nc1cnn(Cc2ccc(Cl)cc2Cl)c1)c1cccs1. The molecule has 0 atom stereocenters. The van der Waals surface area contributed by atoms with Crippen molar-refractivity contribution in [2.75, 3.05) is 4.72 Å². The fourth-order valence-corrected chi connectivity index (χ4v) is 4.44. The van der Waals surface area contributed by atoms with E-state index in [2.05, 4.69) is 9.82 Å². The van der Waals surface area contributed by atoms with Gasteiger partial charge in [-0.3, -0.25) is 9.40 Å². The van der Waals surface area contributed by atoms with Gasteiger partial charge in [-0.15, -0.1) is 11.3 Å². The Balaban J connectivity index is 1.76. The van der Waals surface area contributed by atoms with Gasteiger partial charge >= 0.3 is 0 Å². The summed E-state index contributed by atoms with van der Waals surface area (Å²) in [5.41, 5.74) is 1.23. The Bertz CT molecular complexity index is 921. The van der Waals surface area contributed by atoms with Crippen molar-refractivity contribution in [2.24, 2.45) is 0 Å². The number of anilines is 1. The first kappa shape index (κ1) is 16.3. The molecule has 0 saturated heterocycles. The number of hydrogen-bond acceptors (Lipinski definition) is 4. The lowest BCUT2D eigenvalue weighted by molar-refractivity contribution is 0.603. The van der Waals surface area contributed by atoms with Crippen molar-refractivity contribution in [3.8, 4) is 0 Å². The quantitative estimate of drug-likeness (QED) is 0.716. The van der Waals surface area contributed by atoms with Crippen molar-refractivity contribution in [1.29, 1.82) is 0 Å². The molecule has 0 aliphatic carbocycles. The average Bonchev–Trinajstić information content (AvgIpc) is 3.13. The van der Waals surface area contributed by atoms with E-state index in [0.29, 0.717) is 22.3 Å². The van der Waals surface area contributed by atoms with Crippen LogP contribution in [0.5, 0.6) is 0 Å². The molecule has 1 N–H and O–H groups in total. The highest BCUT2D eigenvalue weighted by molar-refractivity contribution is 7.94. The number of thiophene rings is 1. The molecular weight excluding hydrogens is 377 g/mol. The van der Waals surface area contributed by atoms with Gasteiger partial charge in [0, 0.05) is 16.2 Å². The number of rotatable bonds is 5. The van der Waals surface area contributed by atoms with Crippen LogP contribution in [-0.4, -0.2) is 18.2 Å². The second-order valence-electron chi connectivity index (χ2n) is 4.70. The highest BCUT2D eigenvalue weighted by Gasteiger charge is 2.16. The van der Waals surface area contributed by atoms with E-state index in [0.717, 1.165) is 16.9 Å². The molecule has 0 bridgehead atoms. The third-order valence-corrected chi connectivity index (χ3v) is 6.36. The minimum atomic E-state index is -3.57. The van der Waals surface area contributed by atoms with Crippen LogP contribution >= 0.6 is 34.5 Å². The lowest BCUT2D eigenvalue weighted by atomic mass is 10.2. The number of nitrogens with zero attached hydrogens (tertiary/aromatic N) is 2. The maximum absolute atomic E-state index is 12.1. The lowest BCUT2D eigenvalue weighted by Crippen LogP contribution is -2.10. The highest BCUT2D eigenvalue weighted by atomic mass is 35.5. The summed E-state index contributed by atoms with van der Waals surface area (Å²) in [6.45, 7) is 0.413. The number of sulfonamides is 1. The van der Waals surface area contributed by atoms with E-state index in [4.69, 9.17) is 23.2 Å². The van der Waals surface area contributed by atoms with E-state index < -0.39 is 10.0 Å². The topological polar surface area (TPSA) is 64.0 Å². The minimum absolute atomic E-state index is 0.256. The summed E-state index contributed by atoms with van der Waals surface area (Å²) in [6, 6.07) is 8.44. The van der Waals surface area contributed by atoms with Crippen molar-refractivity contribution >= 4 is 50.2 Å². The molecular formula is C14H11Cl2N3O2S2. The molecule has 1 aromatic carbocycles. The van der Waals surface area contributed by atoms with Gasteiger partial charge in [0.15, 0.2) is 0 Å². The van der Waals surface area contributed by atoms with Crippen LogP contribution in [-0.2, 0) is 16.6 Å². The molecule has 5 nitrogen and oxygen atoms in total. The van der Waals surface area contributed by atoms with Gasteiger partial charge in [0.1, 0.15) is 4.21 Å². The molecule has 0 saturated carbocycles. The molecule has 0 amide bonds. The Hall–Kier alpha value is -1.54. The highest BCUT2D eigenvalue weighted by Crippen LogP contribution is 2.23. The molecule has 0 unspecified atom stereocenters. The maximum Gasteiger partial charge on any atom is 0.271 e. The van der Waals surface area contributed by atoms with Crippen LogP contribution in [0.3, 0.4) is 0 Å². The summed E-state index contributed by atoms with van der Waals surface area (Å²) in [5.74, 6) is 0. The minimum Gasteiger partial charge on any atom is -0.276 e. The first-order valence-electron chi connectivity index (χ1n) is 6.47. The molecule has 0 spiro atoms. The number of halogens is 2. The maximum atomic E-state index is 12.1. The van der Waals surface area contributed by atoms with Gasteiger partial charge in [0.25, 0.3) is 10.0 Å². The van der Waals surface area contributed by atoms with Crippen molar-refractivity contribution in [1.82, 2.24) is 9.78 Å². The Labute approximate surface area is 147 Å². The molecule has 0 aliphatic heterocycles. The van der Waals surface area contributed by atoms with Crippen molar-refractivity contribution in [3.05, 3.63) is 63.7 Å². The summed E-state index contributed by atoms with van der Waals surface area (Å²) < 4.78 is 28.6. The molecule has 3 rings (SSSR count). The van der Waals surface area contributed by atoms with Gasteiger partial charge in [-0.05, 0) is 29.1 Å². The normalized spacial score (nSPS) is 11.6. The lowest BCUT2D eigenvalue weighted by Gasteiger charge is -2.05. The first-order chi connectivity index (χ1) is 10.9. The Morgan fingerprint density at radius 3 is 2.78 bits per heavy atom. The standard InChI is InChI=1S/C14H11Cl2N3O2S2/c15-11-4-3-10(13(16)6-11)8-19-9-12(7-17-19)18-23(20,21)14-2-1-5-22-14/h1-7,9,18H,8H2. The van der Waals surface area contributed by atoms with E-state index in [1.807, 2.05) is 6.07 Å². The second kappa shape index (κ2) is 6.52. The van der Waals surface area contributed by atoms with E-state index in [9.17, 15) is 8.42 Å². The molecule has 0 fully saturated rings. The van der Waals surface area contributed by atoms with E-state index in [1.165, 1.54) is 6.20 Å². The van der Waals surface area contributed by atoms with Crippen LogP contribution in [0.15, 0.2) is 52.3 Å². The fourth-order valence-electron chi connectivity index (χ4n) is 1.95. The Morgan fingerprint density at radius 1 is 1.26 bits per heavy atom. The summed E-state index contributed by atoms with van der Waals surface area (Å²) in [5, 5.41) is 6.95. The molecule has 23 heavy (non-hydrogen) atoms. The summed E-state index contributed by atoms with van der Waals surface area (Å²) >= 11 is 13.1. The average molecular weight is 388 g/mol. The van der Waals surface area contributed by atoms with Crippen LogP contribution in [0.1, 0.15) is 5.56 Å². The molecule has 0 aliphatic rings. The number of hydrogen-bond donors (Lipinski definition) is 1. The van der Waals surface area contributed by atoms with Gasteiger partial charge < -0.3 is 0 Å². The third-order valence-electron chi connectivity index (χ3n) is 2.99. The number of nitrogens with one attached hydrogen (secondary N) is 1. The monoisotopic (exact) mass is 387 g/mol. The predicted molar refractivity (Wildman–Crippen MR) is 92.9 cm³/mol. The van der Waals surface area contributed by atoms with Gasteiger partial charge in [-0.25, -0.2) is 8.42 Å². The zero-order valence-electron chi connectivity index (χ0n) is 11.6. The van der Waals surface area contributed by atoms with Crippen molar-refractivity contribution in [2.45, 2.75) is 10.8 Å². The van der Waals surface area contributed by atoms with E-state index in [1.54, 1.807) is 40.5 Å². The third kappa shape index (κ3) is 3.87. The molecule has 120 valence electrons. The van der Waals surface area contributed by atoms with Crippen LogP contribution in [0.25, 0.3) is 0 Å². The predicted octanol–water partition coefficient (Wildman–Crippen LogP) is 4.10. The molecule has 3 aromatic rings. The zero-order valence-corrected chi connectivity index (χ0v) is 14.8.